The summed E-state index contributed by atoms with van der Waals surface area (Å²) in [6, 6.07) is 8.15. The number of benzene rings is 2. The second-order valence-corrected chi connectivity index (χ2v) is 7.67. The van der Waals surface area contributed by atoms with Crippen molar-refractivity contribution in [3.8, 4) is 17.1 Å². The molecule has 2 N–H and O–H groups in total. The van der Waals surface area contributed by atoms with E-state index in [1.807, 2.05) is 11.4 Å². The Labute approximate surface area is 190 Å². The van der Waals surface area contributed by atoms with Crippen LogP contribution in [-0.4, -0.2) is 50.7 Å². The van der Waals surface area contributed by atoms with Gasteiger partial charge >= 0.3 is 6.18 Å². The molecule has 0 atom stereocenters. The summed E-state index contributed by atoms with van der Waals surface area (Å²) in [6.45, 7) is -1.44. The van der Waals surface area contributed by atoms with Crippen LogP contribution < -0.4 is 10.1 Å². The molecule has 4 aromatic rings. The van der Waals surface area contributed by atoms with E-state index < -0.39 is 18.6 Å². The second-order valence-electron chi connectivity index (χ2n) is 7.27. The number of carbonyl (C=O) groups is 1. The Bertz CT molecular complexity index is 1330. The quantitative estimate of drug-likeness (QED) is 0.438. The minimum atomic E-state index is -4.51. The fourth-order valence-corrected chi connectivity index (χ4v) is 3.54. The normalized spacial score (nSPS) is 11.7. The van der Waals surface area contributed by atoms with Crippen LogP contribution in [-0.2, 0) is 13.5 Å². The van der Waals surface area contributed by atoms with Crippen LogP contribution in [0.4, 0.5) is 13.2 Å². The van der Waals surface area contributed by atoms with E-state index in [4.69, 9.17) is 16.3 Å². The summed E-state index contributed by atoms with van der Waals surface area (Å²) < 4.78 is 44.0. The van der Waals surface area contributed by atoms with Crippen molar-refractivity contribution in [3.05, 3.63) is 58.5 Å². The number of H-pyrrole nitrogens is 1. The lowest BCUT2D eigenvalue weighted by Crippen LogP contribution is -2.33. The molecule has 172 valence electrons. The van der Waals surface area contributed by atoms with Gasteiger partial charge in [0.15, 0.2) is 5.82 Å². The SMILES string of the molecule is COc1cc(-c2nc(Cc3cc4cn[nH]c4cc3Cl)n(C)n2)ccc1C(=O)NCC(F)(F)F. The van der Waals surface area contributed by atoms with Crippen LogP contribution in [0.25, 0.3) is 22.3 Å². The van der Waals surface area contributed by atoms with Crippen LogP contribution in [0.2, 0.25) is 5.02 Å². The molecular formula is C21H18ClF3N6O2. The number of aryl methyl sites for hydroxylation is 1. The number of aromatic nitrogens is 5. The molecule has 33 heavy (non-hydrogen) atoms. The lowest BCUT2D eigenvalue weighted by Gasteiger charge is -2.11. The number of ether oxygens (including phenoxy) is 1. The minimum absolute atomic E-state index is 0.0261. The maximum atomic E-state index is 12.4. The number of nitrogens with zero attached hydrogens (tertiary/aromatic N) is 4. The molecule has 12 heteroatoms. The van der Waals surface area contributed by atoms with Crippen molar-refractivity contribution in [2.75, 3.05) is 13.7 Å². The zero-order valence-corrected chi connectivity index (χ0v) is 18.3. The Morgan fingerprint density at radius 2 is 2.06 bits per heavy atom. The first-order chi connectivity index (χ1) is 15.6. The smallest absolute Gasteiger partial charge is 0.405 e. The van der Waals surface area contributed by atoms with Crippen LogP contribution in [0.3, 0.4) is 0 Å². The predicted octanol–water partition coefficient (Wildman–Crippen LogP) is 3.90. The van der Waals surface area contributed by atoms with E-state index in [1.165, 1.54) is 19.2 Å². The molecule has 0 bridgehead atoms. The van der Waals surface area contributed by atoms with E-state index >= 15 is 0 Å². The fraction of sp³-hybridized carbons (Fsp3) is 0.238. The first-order valence-corrected chi connectivity index (χ1v) is 10.1. The molecule has 2 aromatic heterocycles. The summed E-state index contributed by atoms with van der Waals surface area (Å²) in [7, 11) is 3.07. The van der Waals surface area contributed by atoms with Gasteiger partial charge in [0.1, 0.15) is 18.1 Å². The maximum absolute atomic E-state index is 12.4. The highest BCUT2D eigenvalue weighted by molar-refractivity contribution is 6.32. The van der Waals surface area contributed by atoms with Gasteiger partial charge in [-0.15, -0.1) is 0 Å². The van der Waals surface area contributed by atoms with Gasteiger partial charge in [-0.05, 0) is 29.8 Å². The lowest BCUT2D eigenvalue weighted by atomic mass is 10.1. The molecule has 8 nitrogen and oxygen atoms in total. The number of nitrogens with one attached hydrogen (secondary N) is 2. The molecule has 0 spiro atoms. The monoisotopic (exact) mass is 478 g/mol. The Hall–Kier alpha value is -3.60. The van der Waals surface area contributed by atoms with Gasteiger partial charge in [0.05, 0.1) is 24.4 Å². The highest BCUT2D eigenvalue weighted by Gasteiger charge is 2.28. The number of alkyl halides is 3. The lowest BCUT2D eigenvalue weighted by molar-refractivity contribution is -0.123. The van der Waals surface area contributed by atoms with Crippen molar-refractivity contribution in [2.24, 2.45) is 7.05 Å². The molecule has 4 rings (SSSR count). The number of aromatic amines is 1. The average Bonchev–Trinajstić information content (AvgIpc) is 3.37. The highest BCUT2D eigenvalue weighted by atomic mass is 35.5. The fourth-order valence-electron chi connectivity index (χ4n) is 3.30. The molecule has 2 aromatic carbocycles. The third kappa shape index (κ3) is 4.92. The van der Waals surface area contributed by atoms with Crippen molar-refractivity contribution in [2.45, 2.75) is 12.6 Å². The van der Waals surface area contributed by atoms with Crippen LogP contribution in [0.5, 0.6) is 5.75 Å². The summed E-state index contributed by atoms with van der Waals surface area (Å²) in [5.74, 6) is 0.221. The number of hydrogen-bond acceptors (Lipinski definition) is 5. The van der Waals surface area contributed by atoms with E-state index in [0.717, 1.165) is 16.5 Å². The van der Waals surface area contributed by atoms with Gasteiger partial charge in [0, 0.05) is 29.4 Å². The van der Waals surface area contributed by atoms with Crippen LogP contribution in [0.15, 0.2) is 36.5 Å². The Balaban J connectivity index is 1.59. The van der Waals surface area contributed by atoms with E-state index in [2.05, 4.69) is 20.3 Å². The van der Waals surface area contributed by atoms with E-state index in [-0.39, 0.29) is 11.3 Å². The van der Waals surface area contributed by atoms with Gasteiger partial charge in [-0.3, -0.25) is 14.6 Å². The standard InChI is InChI=1S/C21H18ClF3N6O2/c1-31-18(7-12-5-13-9-27-29-16(13)8-15(12)22)28-19(30-31)11-3-4-14(17(6-11)33-2)20(32)26-10-21(23,24)25/h3-6,8-9H,7,10H2,1-2H3,(H,26,32)(H,27,29). The van der Waals surface area contributed by atoms with Crippen molar-refractivity contribution in [1.82, 2.24) is 30.3 Å². The summed E-state index contributed by atoms with van der Waals surface area (Å²) in [5, 5.41) is 14.6. The third-order valence-electron chi connectivity index (χ3n) is 4.96. The summed E-state index contributed by atoms with van der Waals surface area (Å²) >= 11 is 6.40. The van der Waals surface area contributed by atoms with Gasteiger partial charge in [0.25, 0.3) is 5.91 Å². The maximum Gasteiger partial charge on any atom is 0.405 e. The zero-order valence-electron chi connectivity index (χ0n) is 17.5. The molecular weight excluding hydrogens is 461 g/mol. The number of methoxy groups -OCH3 is 1. The number of amides is 1. The van der Waals surface area contributed by atoms with Gasteiger partial charge < -0.3 is 10.1 Å². The summed E-state index contributed by atoms with van der Waals surface area (Å²) in [6.07, 6.45) is -2.39. The zero-order chi connectivity index (χ0) is 23.8. The van der Waals surface area contributed by atoms with E-state index in [0.29, 0.717) is 28.7 Å². The van der Waals surface area contributed by atoms with Crippen molar-refractivity contribution in [3.63, 3.8) is 0 Å². The first-order valence-electron chi connectivity index (χ1n) is 9.69. The van der Waals surface area contributed by atoms with E-state index in [9.17, 15) is 18.0 Å². The molecule has 0 aliphatic heterocycles. The van der Waals surface area contributed by atoms with Crippen molar-refractivity contribution in [1.29, 1.82) is 0 Å². The number of hydrogen-bond donors (Lipinski definition) is 2. The molecule has 0 saturated heterocycles. The number of carbonyl (C=O) groups excluding carboxylic acids is 1. The van der Waals surface area contributed by atoms with Gasteiger partial charge in [-0.1, -0.05) is 17.7 Å². The molecule has 2 heterocycles. The number of rotatable bonds is 6. The van der Waals surface area contributed by atoms with Gasteiger partial charge in [-0.25, -0.2) is 4.98 Å². The third-order valence-corrected chi connectivity index (χ3v) is 5.31. The summed E-state index contributed by atoms with van der Waals surface area (Å²) in [5.41, 5.74) is 2.19. The number of fused-ring (bicyclic) bond motifs is 1. The highest BCUT2D eigenvalue weighted by Crippen LogP contribution is 2.28. The van der Waals surface area contributed by atoms with Gasteiger partial charge in [0.2, 0.25) is 0 Å². The van der Waals surface area contributed by atoms with Crippen LogP contribution in [0, 0.1) is 0 Å². The largest absolute Gasteiger partial charge is 0.496 e. The summed E-state index contributed by atoms with van der Waals surface area (Å²) in [4.78, 5) is 16.7. The molecule has 0 aliphatic rings. The van der Waals surface area contributed by atoms with E-state index in [1.54, 1.807) is 30.1 Å². The Morgan fingerprint density at radius 3 is 2.79 bits per heavy atom. The van der Waals surface area contributed by atoms with Gasteiger partial charge in [-0.2, -0.15) is 23.4 Å². The minimum Gasteiger partial charge on any atom is -0.496 e. The predicted molar refractivity (Wildman–Crippen MR) is 115 cm³/mol. The first kappa shape index (κ1) is 22.6. The molecule has 1 amide bonds. The van der Waals surface area contributed by atoms with Crippen LogP contribution >= 0.6 is 11.6 Å². The molecule has 0 aliphatic carbocycles. The van der Waals surface area contributed by atoms with Crippen molar-refractivity contribution >= 4 is 28.4 Å². The molecule has 0 fully saturated rings. The van der Waals surface area contributed by atoms with Crippen LogP contribution in [0.1, 0.15) is 21.7 Å². The Morgan fingerprint density at radius 1 is 1.27 bits per heavy atom. The Kier molecular flexibility index (Phi) is 5.98. The van der Waals surface area contributed by atoms with Crippen molar-refractivity contribution < 1.29 is 22.7 Å². The topological polar surface area (TPSA) is 97.7 Å². The average molecular weight is 479 g/mol. The molecule has 0 radical (unpaired) electrons. The molecule has 0 saturated carbocycles. The number of halogens is 4. The molecule has 0 unspecified atom stereocenters. The second kappa shape index (κ2) is 8.74.